The van der Waals surface area contributed by atoms with Crippen LogP contribution in [0, 0.1) is 5.92 Å². The molecule has 3 nitrogen and oxygen atoms in total. The smallest absolute Gasteiger partial charge is 0.316 e. The van der Waals surface area contributed by atoms with Crippen molar-refractivity contribution in [3.8, 4) is 0 Å². The predicted molar refractivity (Wildman–Crippen MR) is 68.5 cm³/mol. The molecule has 3 heteroatoms. The van der Waals surface area contributed by atoms with Crippen LogP contribution in [0.2, 0.25) is 0 Å². The number of ether oxygens (including phenoxy) is 1. The van der Waals surface area contributed by atoms with Crippen molar-refractivity contribution in [2.24, 2.45) is 5.92 Å². The summed E-state index contributed by atoms with van der Waals surface area (Å²) in [7, 11) is 0. The molecule has 1 aromatic carbocycles. The first-order valence-corrected chi connectivity index (χ1v) is 6.52. The number of rotatable bonds is 2. The highest BCUT2D eigenvalue weighted by Crippen LogP contribution is 2.24. The fourth-order valence-corrected chi connectivity index (χ4v) is 2.43. The van der Waals surface area contributed by atoms with Gasteiger partial charge >= 0.3 is 5.97 Å². The minimum atomic E-state index is -0.619. The van der Waals surface area contributed by atoms with Gasteiger partial charge in [-0.1, -0.05) is 30.7 Å². The number of Topliss-reactive ketones (excluding diaryl/α,β-unsaturated/α-hetero) is 1. The number of hydrogen-bond acceptors (Lipinski definition) is 3. The molecule has 1 aliphatic carbocycles. The van der Waals surface area contributed by atoms with Crippen LogP contribution in [0.3, 0.4) is 0 Å². The van der Waals surface area contributed by atoms with Crippen molar-refractivity contribution in [3.05, 3.63) is 35.4 Å². The van der Waals surface area contributed by atoms with Crippen LogP contribution in [0.1, 0.15) is 42.1 Å². The maximum absolute atomic E-state index is 12.4. The van der Waals surface area contributed by atoms with Crippen LogP contribution in [-0.4, -0.2) is 18.4 Å². The monoisotopic (exact) mass is 246 g/mol. The quantitative estimate of drug-likeness (QED) is 0.595. The van der Waals surface area contributed by atoms with Gasteiger partial charge in [-0.3, -0.25) is 9.59 Å². The Labute approximate surface area is 107 Å². The van der Waals surface area contributed by atoms with E-state index in [2.05, 4.69) is 0 Å². The summed E-state index contributed by atoms with van der Waals surface area (Å²) in [6, 6.07) is 7.57. The van der Waals surface area contributed by atoms with E-state index in [0.717, 1.165) is 24.8 Å². The molecule has 0 radical (unpaired) electrons. The summed E-state index contributed by atoms with van der Waals surface area (Å²) in [6.07, 6.45) is 3.42. The summed E-state index contributed by atoms with van der Waals surface area (Å²) >= 11 is 0. The van der Waals surface area contributed by atoms with Gasteiger partial charge in [-0.2, -0.15) is 0 Å². The average molecular weight is 246 g/mol. The van der Waals surface area contributed by atoms with E-state index >= 15 is 0 Å². The summed E-state index contributed by atoms with van der Waals surface area (Å²) in [4.78, 5) is 24.2. The molecule has 96 valence electrons. The summed E-state index contributed by atoms with van der Waals surface area (Å²) in [5.74, 6) is -1.07. The molecule has 0 spiro atoms. The Morgan fingerprint density at radius 2 is 2.11 bits per heavy atom. The second kappa shape index (κ2) is 5.80. The second-order valence-electron chi connectivity index (χ2n) is 4.57. The Bertz CT molecular complexity index is 451. The fraction of sp³-hybridized carbons (Fsp3) is 0.467. The first-order chi connectivity index (χ1) is 8.74. The molecule has 1 atom stereocenters. The van der Waals surface area contributed by atoms with Gasteiger partial charge in [0.25, 0.3) is 0 Å². The number of carbonyl (C=O) groups excluding carboxylic acids is 2. The molecule has 0 heterocycles. The normalized spacial score (nSPS) is 19.6. The Morgan fingerprint density at radius 1 is 1.33 bits per heavy atom. The molecule has 0 amide bonds. The van der Waals surface area contributed by atoms with Crippen LogP contribution >= 0.6 is 0 Å². The van der Waals surface area contributed by atoms with Gasteiger partial charge < -0.3 is 4.74 Å². The number of benzene rings is 1. The molecule has 0 bridgehead atoms. The Hall–Kier alpha value is -1.64. The Balaban J connectivity index is 2.30. The predicted octanol–water partition coefficient (Wildman–Crippen LogP) is 2.78. The van der Waals surface area contributed by atoms with Crippen LogP contribution in [0.15, 0.2) is 24.3 Å². The van der Waals surface area contributed by atoms with Gasteiger partial charge in [-0.05, 0) is 31.7 Å². The number of fused-ring (bicyclic) bond motifs is 1. The average Bonchev–Trinajstić information content (AvgIpc) is 2.36. The first-order valence-electron chi connectivity index (χ1n) is 6.52. The van der Waals surface area contributed by atoms with Crippen LogP contribution < -0.4 is 0 Å². The number of aryl methyl sites for hydroxylation is 1. The number of carbonyl (C=O) groups is 2. The van der Waals surface area contributed by atoms with E-state index in [1.807, 2.05) is 24.3 Å². The Kier molecular flexibility index (Phi) is 4.13. The van der Waals surface area contributed by atoms with E-state index < -0.39 is 5.92 Å². The molecule has 0 saturated carbocycles. The molecule has 0 saturated heterocycles. The molecular formula is C15H18O3. The zero-order chi connectivity index (χ0) is 13.0. The summed E-state index contributed by atoms with van der Waals surface area (Å²) in [5, 5.41) is 0. The van der Waals surface area contributed by atoms with Crippen molar-refractivity contribution in [1.29, 1.82) is 0 Å². The van der Waals surface area contributed by atoms with Gasteiger partial charge in [-0.15, -0.1) is 0 Å². The van der Waals surface area contributed by atoms with Gasteiger partial charge in [0.05, 0.1) is 6.61 Å². The molecule has 18 heavy (non-hydrogen) atoms. The lowest BCUT2D eigenvalue weighted by Gasteiger charge is -2.19. The number of ketones is 1. The largest absolute Gasteiger partial charge is 0.465 e. The highest BCUT2D eigenvalue weighted by molar-refractivity contribution is 6.09. The highest BCUT2D eigenvalue weighted by atomic mass is 16.5. The molecule has 0 aliphatic heterocycles. The van der Waals surface area contributed by atoms with E-state index in [4.69, 9.17) is 4.74 Å². The minimum Gasteiger partial charge on any atom is -0.465 e. The SMILES string of the molecule is CCOC(=O)C1CCCCc2ccccc2C1=O. The van der Waals surface area contributed by atoms with Gasteiger partial charge in [-0.25, -0.2) is 0 Å². The molecule has 2 rings (SSSR count). The maximum atomic E-state index is 12.4. The zero-order valence-electron chi connectivity index (χ0n) is 10.6. The van der Waals surface area contributed by atoms with Crippen LogP contribution in [0.5, 0.6) is 0 Å². The van der Waals surface area contributed by atoms with E-state index in [9.17, 15) is 9.59 Å². The molecule has 0 N–H and O–H groups in total. The van der Waals surface area contributed by atoms with Crippen molar-refractivity contribution in [2.75, 3.05) is 6.61 Å². The molecule has 1 aliphatic rings. The van der Waals surface area contributed by atoms with Gasteiger partial charge in [0.1, 0.15) is 5.92 Å². The summed E-state index contributed by atoms with van der Waals surface area (Å²) in [5.41, 5.74) is 1.74. The maximum Gasteiger partial charge on any atom is 0.316 e. The number of hydrogen-bond donors (Lipinski definition) is 0. The van der Waals surface area contributed by atoms with Crippen LogP contribution in [-0.2, 0) is 16.0 Å². The van der Waals surface area contributed by atoms with Crippen LogP contribution in [0.25, 0.3) is 0 Å². The molecule has 1 aromatic rings. The van der Waals surface area contributed by atoms with Crippen molar-refractivity contribution in [1.82, 2.24) is 0 Å². The first kappa shape index (κ1) is 12.8. The van der Waals surface area contributed by atoms with Crippen molar-refractivity contribution >= 4 is 11.8 Å². The van der Waals surface area contributed by atoms with Gasteiger partial charge in [0.2, 0.25) is 0 Å². The highest BCUT2D eigenvalue weighted by Gasteiger charge is 2.30. The lowest BCUT2D eigenvalue weighted by molar-refractivity contribution is -0.146. The topological polar surface area (TPSA) is 43.4 Å². The van der Waals surface area contributed by atoms with E-state index in [-0.39, 0.29) is 11.8 Å². The molecular weight excluding hydrogens is 228 g/mol. The van der Waals surface area contributed by atoms with E-state index in [1.54, 1.807) is 6.92 Å². The zero-order valence-corrected chi connectivity index (χ0v) is 10.6. The lowest BCUT2D eigenvalue weighted by Crippen LogP contribution is -2.28. The van der Waals surface area contributed by atoms with E-state index in [0.29, 0.717) is 18.6 Å². The summed E-state index contributed by atoms with van der Waals surface area (Å²) < 4.78 is 5.00. The third-order valence-electron chi connectivity index (χ3n) is 3.36. The fourth-order valence-electron chi connectivity index (χ4n) is 2.43. The number of esters is 1. The Morgan fingerprint density at radius 3 is 2.89 bits per heavy atom. The van der Waals surface area contributed by atoms with Gasteiger partial charge in [0.15, 0.2) is 5.78 Å². The van der Waals surface area contributed by atoms with E-state index in [1.165, 1.54) is 0 Å². The molecule has 0 aromatic heterocycles. The minimum absolute atomic E-state index is 0.0799. The molecule has 0 fully saturated rings. The van der Waals surface area contributed by atoms with Crippen molar-refractivity contribution in [2.45, 2.75) is 32.6 Å². The third-order valence-corrected chi connectivity index (χ3v) is 3.36. The third kappa shape index (κ3) is 2.61. The van der Waals surface area contributed by atoms with Crippen molar-refractivity contribution < 1.29 is 14.3 Å². The summed E-state index contributed by atoms with van der Waals surface area (Å²) in [6.45, 7) is 2.09. The molecule has 1 unspecified atom stereocenters. The van der Waals surface area contributed by atoms with Crippen LogP contribution in [0.4, 0.5) is 0 Å². The lowest BCUT2D eigenvalue weighted by atomic mass is 9.85. The van der Waals surface area contributed by atoms with Gasteiger partial charge in [0, 0.05) is 5.56 Å². The van der Waals surface area contributed by atoms with Crippen molar-refractivity contribution in [3.63, 3.8) is 0 Å². The second-order valence-corrected chi connectivity index (χ2v) is 4.57. The standard InChI is InChI=1S/C15H18O3/c1-2-18-15(17)13-10-6-4-8-11-7-3-5-9-12(11)14(13)16/h3,5,7,9,13H,2,4,6,8,10H2,1H3.